The number of nitro groups is 1. The molecule has 0 aliphatic carbocycles. The average molecular weight is 259 g/mol. The molecule has 0 saturated carbocycles. The minimum atomic E-state index is -0.755. The summed E-state index contributed by atoms with van der Waals surface area (Å²) in [4.78, 5) is 25.1. The molecule has 1 aromatic rings. The highest BCUT2D eigenvalue weighted by Crippen LogP contribution is 2.21. The standard InChI is InChI=1S/C10H11ClN2O4/c1-2-3-4-17-10(14)7-5-9(11)12-6-8(7)13(15)16/h5-6H,2-4H2,1H3. The van der Waals surface area contributed by atoms with Crippen LogP contribution in [0.2, 0.25) is 5.15 Å². The highest BCUT2D eigenvalue weighted by Gasteiger charge is 2.22. The first kappa shape index (κ1) is 13.4. The Balaban J connectivity index is 2.90. The molecule has 7 heteroatoms. The monoisotopic (exact) mass is 258 g/mol. The topological polar surface area (TPSA) is 82.3 Å². The van der Waals surface area contributed by atoms with E-state index in [1.54, 1.807) is 0 Å². The Labute approximate surface area is 103 Å². The summed E-state index contributed by atoms with van der Waals surface area (Å²) in [5.74, 6) is -0.755. The zero-order valence-corrected chi connectivity index (χ0v) is 9.94. The lowest BCUT2D eigenvalue weighted by molar-refractivity contribution is -0.385. The van der Waals surface area contributed by atoms with E-state index in [0.29, 0.717) is 6.42 Å². The number of hydrogen-bond donors (Lipinski definition) is 0. The zero-order valence-electron chi connectivity index (χ0n) is 9.18. The molecular formula is C10H11ClN2O4. The van der Waals surface area contributed by atoms with E-state index < -0.39 is 16.6 Å². The molecule has 0 aliphatic heterocycles. The fourth-order valence-electron chi connectivity index (χ4n) is 1.12. The van der Waals surface area contributed by atoms with E-state index in [2.05, 4.69) is 4.98 Å². The maximum absolute atomic E-state index is 11.6. The number of pyridine rings is 1. The molecule has 1 aromatic heterocycles. The molecule has 0 amide bonds. The Bertz CT molecular complexity index is 436. The van der Waals surface area contributed by atoms with Gasteiger partial charge in [-0.15, -0.1) is 0 Å². The van der Waals surface area contributed by atoms with Gasteiger partial charge < -0.3 is 4.74 Å². The fraction of sp³-hybridized carbons (Fsp3) is 0.400. The van der Waals surface area contributed by atoms with Crippen LogP contribution in [0.4, 0.5) is 5.69 Å². The second-order valence-corrected chi connectivity index (χ2v) is 3.66. The van der Waals surface area contributed by atoms with Crippen LogP contribution in [0.5, 0.6) is 0 Å². The number of hydrogen-bond acceptors (Lipinski definition) is 5. The molecular weight excluding hydrogens is 248 g/mol. The number of unbranched alkanes of at least 4 members (excludes halogenated alkanes) is 1. The van der Waals surface area contributed by atoms with E-state index in [9.17, 15) is 14.9 Å². The third-order valence-electron chi connectivity index (χ3n) is 2.00. The van der Waals surface area contributed by atoms with E-state index >= 15 is 0 Å². The van der Waals surface area contributed by atoms with E-state index in [4.69, 9.17) is 16.3 Å². The molecule has 0 fully saturated rings. The lowest BCUT2D eigenvalue weighted by Gasteiger charge is -2.04. The predicted molar refractivity (Wildman–Crippen MR) is 61.1 cm³/mol. The van der Waals surface area contributed by atoms with Gasteiger partial charge in [0, 0.05) is 0 Å². The first-order chi connectivity index (χ1) is 8.06. The first-order valence-corrected chi connectivity index (χ1v) is 5.41. The number of nitrogens with zero attached hydrogens (tertiary/aromatic N) is 2. The van der Waals surface area contributed by atoms with Crippen molar-refractivity contribution in [2.75, 3.05) is 6.61 Å². The molecule has 6 nitrogen and oxygen atoms in total. The third-order valence-corrected chi connectivity index (χ3v) is 2.20. The van der Waals surface area contributed by atoms with Gasteiger partial charge in [-0.1, -0.05) is 24.9 Å². The van der Waals surface area contributed by atoms with Crippen LogP contribution in [-0.2, 0) is 4.74 Å². The van der Waals surface area contributed by atoms with Gasteiger partial charge >= 0.3 is 11.7 Å². The average Bonchev–Trinajstić information content (AvgIpc) is 2.28. The van der Waals surface area contributed by atoms with Gasteiger partial charge in [0.05, 0.1) is 11.5 Å². The second-order valence-electron chi connectivity index (χ2n) is 3.27. The molecule has 0 aromatic carbocycles. The van der Waals surface area contributed by atoms with Gasteiger partial charge in [0.15, 0.2) is 0 Å². The summed E-state index contributed by atoms with van der Waals surface area (Å²) in [6.45, 7) is 2.17. The second kappa shape index (κ2) is 6.15. The van der Waals surface area contributed by atoms with Crippen LogP contribution in [0.15, 0.2) is 12.3 Å². The Morgan fingerprint density at radius 3 is 2.94 bits per heavy atom. The van der Waals surface area contributed by atoms with Crippen molar-refractivity contribution < 1.29 is 14.5 Å². The summed E-state index contributed by atoms with van der Waals surface area (Å²) in [6, 6.07) is 1.13. The lowest BCUT2D eigenvalue weighted by Crippen LogP contribution is -2.09. The Morgan fingerprint density at radius 2 is 2.35 bits per heavy atom. The van der Waals surface area contributed by atoms with Crippen molar-refractivity contribution in [3.63, 3.8) is 0 Å². The van der Waals surface area contributed by atoms with Gasteiger partial charge in [0.25, 0.3) is 0 Å². The van der Waals surface area contributed by atoms with E-state index in [0.717, 1.165) is 18.7 Å². The molecule has 0 bridgehead atoms. The molecule has 0 radical (unpaired) electrons. The molecule has 1 rings (SSSR count). The third kappa shape index (κ3) is 3.67. The summed E-state index contributed by atoms with van der Waals surface area (Å²) in [7, 11) is 0. The normalized spacial score (nSPS) is 10.0. The number of halogens is 1. The molecule has 92 valence electrons. The summed E-state index contributed by atoms with van der Waals surface area (Å²) in [5.41, 5.74) is -0.581. The van der Waals surface area contributed by atoms with Crippen molar-refractivity contribution in [1.29, 1.82) is 0 Å². The maximum Gasteiger partial charge on any atom is 0.345 e. The predicted octanol–water partition coefficient (Wildman–Crippen LogP) is 2.60. The molecule has 0 spiro atoms. The number of ether oxygens (including phenoxy) is 1. The number of carbonyl (C=O) groups is 1. The Morgan fingerprint density at radius 1 is 1.65 bits per heavy atom. The molecule has 0 unspecified atom stereocenters. The van der Waals surface area contributed by atoms with Crippen LogP contribution in [0.1, 0.15) is 30.1 Å². The van der Waals surface area contributed by atoms with E-state index in [1.807, 2.05) is 6.92 Å². The van der Waals surface area contributed by atoms with Gasteiger partial charge in [-0.3, -0.25) is 10.1 Å². The van der Waals surface area contributed by atoms with Gasteiger partial charge in [0.2, 0.25) is 0 Å². The van der Waals surface area contributed by atoms with Crippen molar-refractivity contribution >= 4 is 23.3 Å². The smallest absolute Gasteiger partial charge is 0.345 e. The molecule has 17 heavy (non-hydrogen) atoms. The SMILES string of the molecule is CCCCOC(=O)c1cc(Cl)ncc1[N+](=O)[O-]. The van der Waals surface area contributed by atoms with Crippen molar-refractivity contribution in [2.45, 2.75) is 19.8 Å². The highest BCUT2D eigenvalue weighted by atomic mass is 35.5. The van der Waals surface area contributed by atoms with Crippen LogP contribution in [0.3, 0.4) is 0 Å². The Kier molecular flexibility index (Phi) is 4.84. The Hall–Kier alpha value is -1.69. The van der Waals surface area contributed by atoms with Crippen LogP contribution in [0.25, 0.3) is 0 Å². The number of rotatable bonds is 5. The number of esters is 1. The quantitative estimate of drug-likeness (QED) is 0.266. The minimum absolute atomic E-state index is 0.0121. The van der Waals surface area contributed by atoms with Crippen LogP contribution in [-0.4, -0.2) is 22.5 Å². The first-order valence-electron chi connectivity index (χ1n) is 5.03. The minimum Gasteiger partial charge on any atom is -0.462 e. The summed E-state index contributed by atoms with van der Waals surface area (Å²) < 4.78 is 4.88. The molecule has 0 saturated heterocycles. The molecule has 0 N–H and O–H groups in total. The van der Waals surface area contributed by atoms with E-state index in [-0.39, 0.29) is 17.3 Å². The van der Waals surface area contributed by atoms with Crippen LogP contribution in [0, 0.1) is 10.1 Å². The molecule has 0 atom stereocenters. The summed E-state index contributed by atoms with van der Waals surface area (Å²) in [5, 5.41) is 10.7. The summed E-state index contributed by atoms with van der Waals surface area (Å²) >= 11 is 5.59. The zero-order chi connectivity index (χ0) is 12.8. The highest BCUT2D eigenvalue weighted by molar-refractivity contribution is 6.29. The largest absolute Gasteiger partial charge is 0.462 e. The van der Waals surface area contributed by atoms with Crippen molar-refractivity contribution in [2.24, 2.45) is 0 Å². The van der Waals surface area contributed by atoms with E-state index in [1.165, 1.54) is 0 Å². The molecule has 1 heterocycles. The maximum atomic E-state index is 11.6. The van der Waals surface area contributed by atoms with Crippen molar-refractivity contribution in [3.8, 4) is 0 Å². The fourth-order valence-corrected chi connectivity index (χ4v) is 1.28. The lowest BCUT2D eigenvalue weighted by atomic mass is 10.2. The number of aromatic nitrogens is 1. The molecule has 0 aliphatic rings. The van der Waals surface area contributed by atoms with Crippen molar-refractivity contribution in [1.82, 2.24) is 4.98 Å². The van der Waals surface area contributed by atoms with Gasteiger partial charge in [-0.25, -0.2) is 9.78 Å². The number of carbonyl (C=O) groups excluding carboxylic acids is 1. The summed E-state index contributed by atoms with van der Waals surface area (Å²) in [6.07, 6.45) is 2.52. The van der Waals surface area contributed by atoms with Gasteiger partial charge in [-0.2, -0.15) is 0 Å². The van der Waals surface area contributed by atoms with Crippen LogP contribution >= 0.6 is 11.6 Å². The van der Waals surface area contributed by atoms with Gasteiger partial charge in [-0.05, 0) is 12.5 Å². The van der Waals surface area contributed by atoms with Gasteiger partial charge in [0.1, 0.15) is 16.9 Å². The van der Waals surface area contributed by atoms with Crippen LogP contribution < -0.4 is 0 Å². The van der Waals surface area contributed by atoms with Crippen molar-refractivity contribution in [3.05, 3.63) is 33.1 Å².